The first-order valence-corrected chi connectivity index (χ1v) is 5.90. The largest absolute Gasteiger partial charge is 0.481 e. The Morgan fingerprint density at radius 3 is 2.61 bits per heavy atom. The highest BCUT2D eigenvalue weighted by Gasteiger charge is 2.24. The summed E-state index contributed by atoms with van der Waals surface area (Å²) in [4.78, 5) is 32.7. The van der Waals surface area contributed by atoms with Gasteiger partial charge in [0.2, 0.25) is 5.91 Å². The van der Waals surface area contributed by atoms with Crippen molar-refractivity contribution in [2.24, 2.45) is 5.92 Å². The van der Waals surface area contributed by atoms with Crippen molar-refractivity contribution in [3.63, 3.8) is 0 Å². The molecular weight excluding hydrogens is 240 g/mol. The van der Waals surface area contributed by atoms with Gasteiger partial charge in [0.15, 0.2) is 0 Å². The lowest BCUT2D eigenvalue weighted by atomic mass is 10.0. The molecule has 0 aromatic carbocycles. The number of hydrogen-bond donors (Lipinski definition) is 3. The molecule has 0 aromatic rings. The normalized spacial score (nSPS) is 22.5. The van der Waals surface area contributed by atoms with Crippen LogP contribution >= 0.6 is 0 Å². The number of carboxylic acids is 1. The van der Waals surface area contributed by atoms with E-state index < -0.39 is 17.9 Å². The summed E-state index contributed by atoms with van der Waals surface area (Å²) >= 11 is 0. The maximum absolute atomic E-state index is 11.3. The summed E-state index contributed by atoms with van der Waals surface area (Å²) in [6.07, 6.45) is 0.500. The number of carbonyl (C=O) groups is 3. The summed E-state index contributed by atoms with van der Waals surface area (Å²) in [6.45, 7) is 3.07. The predicted octanol–water partition coefficient (Wildman–Crippen LogP) is 0.102. The minimum atomic E-state index is -1.07. The Morgan fingerprint density at radius 2 is 2.06 bits per heavy atom. The molecule has 2 atom stereocenters. The molecule has 102 valence electrons. The van der Waals surface area contributed by atoms with Gasteiger partial charge in [0.1, 0.15) is 0 Å². The summed E-state index contributed by atoms with van der Waals surface area (Å²) in [6, 6.07) is -0.593. The highest BCUT2D eigenvalue weighted by atomic mass is 16.5. The molecule has 1 aliphatic heterocycles. The lowest BCUT2D eigenvalue weighted by Crippen LogP contribution is -2.42. The van der Waals surface area contributed by atoms with Crippen molar-refractivity contribution >= 4 is 17.9 Å². The Hall–Kier alpha value is -1.63. The quantitative estimate of drug-likeness (QED) is 0.648. The lowest BCUT2D eigenvalue weighted by Gasteiger charge is -2.14. The van der Waals surface area contributed by atoms with Crippen molar-refractivity contribution < 1.29 is 24.2 Å². The van der Waals surface area contributed by atoms with Crippen LogP contribution in [0.4, 0.5) is 4.79 Å². The third-order valence-electron chi connectivity index (χ3n) is 2.88. The number of amides is 3. The summed E-state index contributed by atoms with van der Waals surface area (Å²) in [5.74, 6) is -1.40. The van der Waals surface area contributed by atoms with Crippen molar-refractivity contribution in [2.75, 3.05) is 13.2 Å². The lowest BCUT2D eigenvalue weighted by molar-refractivity contribution is -0.138. The van der Waals surface area contributed by atoms with Gasteiger partial charge in [0.05, 0.1) is 12.5 Å². The van der Waals surface area contributed by atoms with Crippen LogP contribution in [0.15, 0.2) is 0 Å². The fourth-order valence-corrected chi connectivity index (χ4v) is 1.72. The molecule has 3 amide bonds. The predicted molar refractivity (Wildman–Crippen MR) is 61.9 cm³/mol. The molecule has 0 radical (unpaired) electrons. The van der Waals surface area contributed by atoms with E-state index in [2.05, 4.69) is 10.6 Å². The standard InChI is InChI=1S/C11H18N2O5/c1-7-8(4-5-18-7)6-12-11(17)13-9(14)2-3-10(15)16/h7-8H,2-6H2,1H3,(H,15,16)(H2,12,13,14,17). The van der Waals surface area contributed by atoms with Gasteiger partial charge in [-0.3, -0.25) is 14.9 Å². The van der Waals surface area contributed by atoms with E-state index in [1.807, 2.05) is 6.92 Å². The van der Waals surface area contributed by atoms with E-state index in [-0.39, 0.29) is 24.9 Å². The molecule has 0 saturated carbocycles. The zero-order valence-electron chi connectivity index (χ0n) is 10.3. The van der Waals surface area contributed by atoms with Gasteiger partial charge in [-0.15, -0.1) is 0 Å². The zero-order valence-corrected chi connectivity index (χ0v) is 10.3. The third kappa shape index (κ3) is 5.13. The number of ether oxygens (including phenoxy) is 1. The second-order valence-corrected chi connectivity index (χ2v) is 4.28. The Kier molecular flexibility index (Phi) is 5.57. The van der Waals surface area contributed by atoms with Gasteiger partial charge in [0.25, 0.3) is 0 Å². The highest BCUT2D eigenvalue weighted by Crippen LogP contribution is 2.18. The van der Waals surface area contributed by atoms with Crippen LogP contribution in [0, 0.1) is 5.92 Å². The molecule has 1 rings (SSSR count). The first kappa shape index (κ1) is 14.4. The van der Waals surface area contributed by atoms with E-state index in [1.54, 1.807) is 0 Å². The third-order valence-corrected chi connectivity index (χ3v) is 2.88. The SMILES string of the molecule is CC1OCCC1CNC(=O)NC(=O)CCC(=O)O. The molecule has 1 heterocycles. The van der Waals surface area contributed by atoms with Crippen LogP contribution in [0.25, 0.3) is 0 Å². The minimum Gasteiger partial charge on any atom is -0.481 e. The summed E-state index contributed by atoms with van der Waals surface area (Å²) in [7, 11) is 0. The molecule has 2 unspecified atom stereocenters. The number of imide groups is 1. The second kappa shape index (κ2) is 6.95. The molecule has 1 saturated heterocycles. The van der Waals surface area contributed by atoms with E-state index >= 15 is 0 Å². The fraction of sp³-hybridized carbons (Fsp3) is 0.727. The molecular formula is C11H18N2O5. The first-order valence-electron chi connectivity index (χ1n) is 5.90. The molecule has 0 aliphatic carbocycles. The smallest absolute Gasteiger partial charge is 0.321 e. The van der Waals surface area contributed by atoms with Crippen LogP contribution in [-0.4, -0.2) is 42.3 Å². The van der Waals surface area contributed by atoms with Gasteiger partial charge in [-0.1, -0.05) is 0 Å². The van der Waals surface area contributed by atoms with Gasteiger partial charge in [0, 0.05) is 25.5 Å². The van der Waals surface area contributed by atoms with Crippen molar-refractivity contribution in [1.82, 2.24) is 10.6 Å². The van der Waals surface area contributed by atoms with Gasteiger partial charge < -0.3 is 15.2 Å². The number of aliphatic carboxylic acids is 1. The summed E-state index contributed by atoms with van der Waals surface area (Å²) in [5.41, 5.74) is 0. The monoisotopic (exact) mass is 258 g/mol. The number of nitrogens with one attached hydrogen (secondary N) is 2. The number of urea groups is 1. The topological polar surface area (TPSA) is 105 Å². The summed E-state index contributed by atoms with van der Waals surface area (Å²) < 4.78 is 5.34. The molecule has 0 spiro atoms. The van der Waals surface area contributed by atoms with E-state index in [1.165, 1.54) is 0 Å². The van der Waals surface area contributed by atoms with Crippen LogP contribution in [0.1, 0.15) is 26.2 Å². The molecule has 0 bridgehead atoms. The van der Waals surface area contributed by atoms with Crippen LogP contribution in [-0.2, 0) is 14.3 Å². The van der Waals surface area contributed by atoms with Crippen LogP contribution in [0.2, 0.25) is 0 Å². The molecule has 7 nitrogen and oxygen atoms in total. The average molecular weight is 258 g/mol. The molecule has 1 aliphatic rings. The fourth-order valence-electron chi connectivity index (χ4n) is 1.72. The highest BCUT2D eigenvalue weighted by molar-refractivity contribution is 5.95. The van der Waals surface area contributed by atoms with E-state index in [4.69, 9.17) is 9.84 Å². The first-order chi connectivity index (χ1) is 8.49. The van der Waals surface area contributed by atoms with Gasteiger partial charge in [-0.25, -0.2) is 4.79 Å². The maximum Gasteiger partial charge on any atom is 0.321 e. The van der Waals surface area contributed by atoms with E-state index in [0.29, 0.717) is 13.2 Å². The number of carbonyl (C=O) groups excluding carboxylic acids is 2. The van der Waals surface area contributed by atoms with E-state index in [9.17, 15) is 14.4 Å². The zero-order chi connectivity index (χ0) is 13.5. The average Bonchev–Trinajstić information content (AvgIpc) is 2.69. The van der Waals surface area contributed by atoms with Gasteiger partial charge in [-0.2, -0.15) is 0 Å². The molecule has 7 heteroatoms. The van der Waals surface area contributed by atoms with Crippen LogP contribution in [0.3, 0.4) is 0 Å². The Balaban J connectivity index is 2.16. The summed E-state index contributed by atoms with van der Waals surface area (Å²) in [5, 5.41) is 13.0. The Labute approximate surface area is 105 Å². The molecule has 1 fully saturated rings. The maximum atomic E-state index is 11.3. The second-order valence-electron chi connectivity index (χ2n) is 4.28. The van der Waals surface area contributed by atoms with Crippen molar-refractivity contribution in [1.29, 1.82) is 0 Å². The van der Waals surface area contributed by atoms with Gasteiger partial charge in [-0.05, 0) is 13.3 Å². The number of hydrogen-bond acceptors (Lipinski definition) is 4. The number of rotatable bonds is 5. The molecule has 18 heavy (non-hydrogen) atoms. The molecule has 0 aromatic heterocycles. The Bertz CT molecular complexity index is 331. The van der Waals surface area contributed by atoms with E-state index in [0.717, 1.165) is 6.42 Å². The Morgan fingerprint density at radius 1 is 1.33 bits per heavy atom. The van der Waals surface area contributed by atoms with Crippen LogP contribution < -0.4 is 10.6 Å². The molecule has 3 N–H and O–H groups in total. The minimum absolute atomic E-state index is 0.105. The van der Waals surface area contributed by atoms with Gasteiger partial charge >= 0.3 is 12.0 Å². The van der Waals surface area contributed by atoms with Crippen molar-refractivity contribution in [3.05, 3.63) is 0 Å². The van der Waals surface area contributed by atoms with Crippen molar-refractivity contribution in [2.45, 2.75) is 32.3 Å². The van der Waals surface area contributed by atoms with Crippen LogP contribution in [0.5, 0.6) is 0 Å². The number of carboxylic acid groups (broad SMARTS) is 1. The van der Waals surface area contributed by atoms with Crippen molar-refractivity contribution in [3.8, 4) is 0 Å².